The number of aromatic nitrogens is 4. The Balaban J connectivity index is 0.000000451. The summed E-state index contributed by atoms with van der Waals surface area (Å²) in [6, 6.07) is 31.8. The molecule has 5 heterocycles. The molecule has 266 valence electrons. The molecule has 0 saturated carbocycles. The van der Waals surface area contributed by atoms with E-state index in [0.29, 0.717) is 12.2 Å². The van der Waals surface area contributed by atoms with Crippen molar-refractivity contribution in [3.8, 4) is 16.9 Å². The zero-order chi connectivity index (χ0) is 36.0. The summed E-state index contributed by atoms with van der Waals surface area (Å²) in [7, 11) is 0. The molecule has 0 saturated heterocycles. The summed E-state index contributed by atoms with van der Waals surface area (Å²) in [5.41, 5.74) is 15.3. The molecular weight excluding hydrogens is 643 g/mol. The van der Waals surface area contributed by atoms with Crippen LogP contribution in [0.25, 0.3) is 57.5 Å². The van der Waals surface area contributed by atoms with Crippen LogP contribution in [-0.2, 0) is 0 Å². The lowest BCUT2D eigenvalue weighted by molar-refractivity contribution is 0.1000. The Bertz CT molecular complexity index is 2150. The van der Waals surface area contributed by atoms with Crippen molar-refractivity contribution in [2.45, 2.75) is 71.1 Å². The van der Waals surface area contributed by atoms with Crippen LogP contribution in [0.4, 0.5) is 0 Å². The van der Waals surface area contributed by atoms with E-state index < -0.39 is 0 Å². The number of ether oxygens (including phenoxy) is 1. The second kappa shape index (κ2) is 18.5. The molecule has 0 unspecified atom stereocenters. The predicted octanol–water partition coefficient (Wildman–Crippen LogP) is 11.4. The maximum Gasteiger partial charge on any atom is 0.248 e. The van der Waals surface area contributed by atoms with Crippen LogP contribution >= 0.6 is 0 Å². The summed E-state index contributed by atoms with van der Waals surface area (Å²) in [6.07, 6.45) is 21.2. The highest BCUT2D eigenvalue weighted by molar-refractivity contribution is 5.95. The van der Waals surface area contributed by atoms with Gasteiger partial charge < -0.3 is 20.4 Å². The van der Waals surface area contributed by atoms with Gasteiger partial charge in [-0.1, -0.05) is 113 Å². The van der Waals surface area contributed by atoms with E-state index >= 15 is 0 Å². The number of hydrogen-bond acceptors (Lipinski definition) is 4. The summed E-state index contributed by atoms with van der Waals surface area (Å²) in [6.45, 7) is 2.97. The molecule has 7 heteroatoms. The zero-order valence-corrected chi connectivity index (χ0v) is 30.1. The van der Waals surface area contributed by atoms with Crippen LogP contribution in [-0.4, -0.2) is 32.4 Å². The molecule has 7 rings (SSSR count). The Morgan fingerprint density at radius 1 is 0.596 bits per heavy atom. The molecule has 0 spiro atoms. The van der Waals surface area contributed by atoms with Crippen LogP contribution < -0.4 is 10.5 Å². The third kappa shape index (κ3) is 10.2. The van der Waals surface area contributed by atoms with Gasteiger partial charge in [-0.25, -0.2) is 9.97 Å². The number of amides is 1. The van der Waals surface area contributed by atoms with Crippen molar-refractivity contribution in [3.63, 3.8) is 0 Å². The lowest BCUT2D eigenvalue weighted by Crippen LogP contribution is -2.09. The molecule has 0 radical (unpaired) electrons. The number of carbonyl (C=O) groups excluding carboxylic acids is 1. The number of aromatic amines is 2. The molecule has 2 aliphatic rings. The van der Waals surface area contributed by atoms with Crippen molar-refractivity contribution < 1.29 is 9.53 Å². The number of H-pyrrole nitrogens is 2. The topological polar surface area (TPSA) is 110 Å². The van der Waals surface area contributed by atoms with Gasteiger partial charge in [0.15, 0.2) is 5.75 Å². The quantitative estimate of drug-likeness (QED) is 0.0986. The van der Waals surface area contributed by atoms with Gasteiger partial charge in [0, 0.05) is 22.2 Å². The predicted molar refractivity (Wildman–Crippen MR) is 217 cm³/mol. The first-order chi connectivity index (χ1) is 25.6. The van der Waals surface area contributed by atoms with Gasteiger partial charge in [-0.15, -0.1) is 0 Å². The number of hydrogen-bond donors (Lipinski definition) is 3. The van der Waals surface area contributed by atoms with Crippen LogP contribution in [0.15, 0.2) is 97.1 Å². The Morgan fingerprint density at radius 3 is 1.73 bits per heavy atom. The van der Waals surface area contributed by atoms with Gasteiger partial charge in [-0.2, -0.15) is 0 Å². The summed E-state index contributed by atoms with van der Waals surface area (Å²) in [5, 5.41) is 0. The fraction of sp³-hybridized carbons (Fsp3) is 0.267. The number of carbonyl (C=O) groups is 1. The lowest BCUT2D eigenvalue weighted by Gasteiger charge is -2.09. The standard InChI is InChI=1S/C38H42N4O.C7H7NO/c1-2-3-4-5-6-7-8-9-10-14-23-43-38-36-27-34-22-20-32(41-34)25-30-18-17-29(39-30)24-31-19-21-33(40-31)26-35(42-36)37(38)28-15-12-11-13-16-28;8-7(9)6-4-2-1-3-5-6/h11-13,15-22,24-27,41-42H,2-10,14,23H2,1H3;1-5H,(H2,8,9). The van der Waals surface area contributed by atoms with Crippen molar-refractivity contribution >= 4 is 52.3 Å². The molecule has 2 aliphatic heterocycles. The Morgan fingerprint density at radius 2 is 1.13 bits per heavy atom. The van der Waals surface area contributed by atoms with Gasteiger partial charge in [-0.05, 0) is 84.8 Å². The van der Waals surface area contributed by atoms with Crippen molar-refractivity contribution in [1.82, 2.24) is 19.9 Å². The Labute approximate surface area is 306 Å². The maximum atomic E-state index is 10.4. The molecule has 3 aromatic heterocycles. The van der Waals surface area contributed by atoms with E-state index in [2.05, 4.69) is 83.6 Å². The number of rotatable bonds is 14. The highest BCUT2D eigenvalue weighted by atomic mass is 16.5. The van der Waals surface area contributed by atoms with Crippen molar-refractivity contribution in [1.29, 1.82) is 0 Å². The molecule has 2 aromatic carbocycles. The van der Waals surface area contributed by atoms with E-state index in [1.807, 2.05) is 30.4 Å². The van der Waals surface area contributed by atoms with Crippen LogP contribution in [0.2, 0.25) is 0 Å². The van der Waals surface area contributed by atoms with Crippen LogP contribution in [0.3, 0.4) is 0 Å². The molecule has 5 aromatic rings. The van der Waals surface area contributed by atoms with Gasteiger partial charge in [-0.3, -0.25) is 4.79 Å². The van der Waals surface area contributed by atoms with E-state index in [1.165, 1.54) is 57.8 Å². The highest BCUT2D eigenvalue weighted by Crippen LogP contribution is 2.39. The van der Waals surface area contributed by atoms with Crippen molar-refractivity contribution in [2.24, 2.45) is 5.73 Å². The van der Waals surface area contributed by atoms with Gasteiger partial charge in [0.25, 0.3) is 0 Å². The van der Waals surface area contributed by atoms with Crippen LogP contribution in [0, 0.1) is 0 Å². The summed E-state index contributed by atoms with van der Waals surface area (Å²) >= 11 is 0. The van der Waals surface area contributed by atoms with Gasteiger partial charge in [0.2, 0.25) is 5.91 Å². The summed E-state index contributed by atoms with van der Waals surface area (Å²) in [5.74, 6) is 0.508. The van der Waals surface area contributed by atoms with Gasteiger partial charge in [0.05, 0.1) is 40.4 Å². The molecule has 1 amide bonds. The number of nitrogens with zero attached hydrogens (tertiary/aromatic N) is 2. The third-order valence-corrected chi connectivity index (χ3v) is 9.16. The monoisotopic (exact) mass is 691 g/mol. The molecule has 0 fully saturated rings. The average Bonchev–Trinajstić information content (AvgIpc) is 3.97. The summed E-state index contributed by atoms with van der Waals surface area (Å²) in [4.78, 5) is 27.3. The maximum absolute atomic E-state index is 10.4. The van der Waals surface area contributed by atoms with Gasteiger partial charge >= 0.3 is 0 Å². The molecule has 4 N–H and O–H groups in total. The fourth-order valence-electron chi connectivity index (χ4n) is 6.46. The normalized spacial score (nSPS) is 11.6. The largest absolute Gasteiger partial charge is 0.491 e. The fourth-order valence-corrected chi connectivity index (χ4v) is 6.46. The smallest absolute Gasteiger partial charge is 0.248 e. The van der Waals surface area contributed by atoms with Gasteiger partial charge in [0.1, 0.15) is 0 Å². The molecule has 0 atom stereocenters. The number of nitrogens with one attached hydrogen (secondary N) is 2. The van der Waals surface area contributed by atoms with Crippen LogP contribution in [0.1, 0.15) is 104 Å². The Kier molecular flexibility index (Phi) is 12.9. The van der Waals surface area contributed by atoms with E-state index in [4.69, 9.17) is 20.4 Å². The number of nitrogens with two attached hydrogens (primary N) is 1. The number of benzene rings is 2. The third-order valence-electron chi connectivity index (χ3n) is 9.16. The minimum Gasteiger partial charge on any atom is -0.491 e. The first-order valence-corrected chi connectivity index (χ1v) is 18.7. The summed E-state index contributed by atoms with van der Waals surface area (Å²) < 4.78 is 6.65. The second-order valence-electron chi connectivity index (χ2n) is 13.3. The molecule has 52 heavy (non-hydrogen) atoms. The minimum atomic E-state index is -0.379. The molecule has 0 aliphatic carbocycles. The van der Waals surface area contributed by atoms with Crippen LogP contribution in [0.5, 0.6) is 5.75 Å². The molecular formula is C45H49N5O2. The van der Waals surface area contributed by atoms with Crippen molar-refractivity contribution in [2.75, 3.05) is 6.61 Å². The molecule has 7 nitrogen and oxygen atoms in total. The highest BCUT2D eigenvalue weighted by Gasteiger charge is 2.16. The van der Waals surface area contributed by atoms with Crippen molar-refractivity contribution in [3.05, 3.63) is 125 Å². The Hall–Kier alpha value is -5.69. The lowest BCUT2D eigenvalue weighted by atomic mass is 10.1. The van der Waals surface area contributed by atoms with E-state index in [0.717, 1.165) is 68.1 Å². The first kappa shape index (κ1) is 36.1. The second-order valence-corrected chi connectivity index (χ2v) is 13.3. The molecule has 8 bridgehead atoms. The zero-order valence-electron chi connectivity index (χ0n) is 30.1. The minimum absolute atomic E-state index is 0.379. The first-order valence-electron chi connectivity index (χ1n) is 18.7. The van der Waals surface area contributed by atoms with E-state index in [1.54, 1.807) is 24.3 Å². The number of primary amides is 1. The number of fused-ring (bicyclic) bond motifs is 8. The van der Waals surface area contributed by atoms with E-state index in [9.17, 15) is 4.79 Å². The average molecular weight is 692 g/mol. The number of unbranched alkanes of at least 4 members (excludes halogenated alkanes) is 9. The van der Waals surface area contributed by atoms with E-state index in [-0.39, 0.29) is 5.91 Å². The SMILES string of the molecule is CCCCCCCCCCCCOc1c(-c2ccccc2)c2cc3nc(cc4nc(cc5ccc(cc1[nH]2)[nH]5)C=C4)C=C3.NC(=O)c1ccccc1.